The maximum Gasteiger partial charge on any atom is 0.337 e. The second-order valence-corrected chi connectivity index (χ2v) is 4.11. The van der Waals surface area contributed by atoms with Gasteiger partial charge in [0.05, 0.1) is 19.3 Å². The third-order valence-electron chi connectivity index (χ3n) is 2.46. The minimum Gasteiger partial charge on any atom is -0.465 e. The third-order valence-corrected chi connectivity index (χ3v) is 2.46. The molecule has 3 nitrogen and oxygen atoms in total. The summed E-state index contributed by atoms with van der Waals surface area (Å²) in [5, 5.41) is 9.22. The van der Waals surface area contributed by atoms with Crippen LogP contribution in [0.2, 0.25) is 0 Å². The number of esters is 1. The maximum atomic E-state index is 11.3. The average molecular weight is 208 g/mol. The van der Waals surface area contributed by atoms with E-state index >= 15 is 0 Å². The Balaban J connectivity index is 3.08. The molecule has 1 N–H and O–H groups in total. The summed E-state index contributed by atoms with van der Waals surface area (Å²) in [5.41, 5.74) is 1.09. The van der Waals surface area contributed by atoms with Crippen LogP contribution in [0.3, 0.4) is 0 Å². The molecule has 0 heterocycles. The van der Waals surface area contributed by atoms with Crippen molar-refractivity contribution in [1.29, 1.82) is 0 Å². The molecule has 15 heavy (non-hydrogen) atoms. The second-order valence-electron chi connectivity index (χ2n) is 4.11. The molecule has 1 aromatic rings. The zero-order valence-electron chi connectivity index (χ0n) is 9.28. The van der Waals surface area contributed by atoms with Crippen molar-refractivity contribution in [3.63, 3.8) is 0 Å². The number of hydrogen-bond acceptors (Lipinski definition) is 3. The first kappa shape index (κ1) is 11.7. The SMILES string of the molecule is COC(=O)c1cccc(C(C)(C)CO)c1. The summed E-state index contributed by atoms with van der Waals surface area (Å²) in [6.45, 7) is 3.88. The maximum absolute atomic E-state index is 11.3. The number of carbonyl (C=O) groups excluding carboxylic acids is 1. The predicted octanol–water partition coefficient (Wildman–Crippen LogP) is 1.74. The molecule has 0 radical (unpaired) electrons. The Morgan fingerprint density at radius 2 is 2.13 bits per heavy atom. The summed E-state index contributed by atoms with van der Waals surface area (Å²) >= 11 is 0. The largest absolute Gasteiger partial charge is 0.465 e. The highest BCUT2D eigenvalue weighted by molar-refractivity contribution is 5.89. The average Bonchev–Trinajstić information content (AvgIpc) is 2.28. The van der Waals surface area contributed by atoms with Crippen LogP contribution in [0.15, 0.2) is 24.3 Å². The van der Waals surface area contributed by atoms with Crippen LogP contribution in [-0.2, 0) is 10.2 Å². The molecule has 0 saturated heterocycles. The molecule has 82 valence electrons. The lowest BCUT2D eigenvalue weighted by atomic mass is 9.85. The molecular weight excluding hydrogens is 192 g/mol. The summed E-state index contributed by atoms with van der Waals surface area (Å²) in [7, 11) is 1.35. The molecule has 0 fully saturated rings. The monoisotopic (exact) mass is 208 g/mol. The van der Waals surface area contributed by atoms with Gasteiger partial charge in [0.1, 0.15) is 0 Å². The van der Waals surface area contributed by atoms with Crippen molar-refractivity contribution in [3.05, 3.63) is 35.4 Å². The van der Waals surface area contributed by atoms with Crippen LogP contribution in [0.4, 0.5) is 0 Å². The van der Waals surface area contributed by atoms with Gasteiger partial charge in [0.15, 0.2) is 0 Å². The van der Waals surface area contributed by atoms with Crippen LogP contribution < -0.4 is 0 Å². The standard InChI is InChI=1S/C12H16O3/c1-12(2,8-13)10-6-4-5-9(7-10)11(14)15-3/h4-7,13H,8H2,1-3H3. The quantitative estimate of drug-likeness (QED) is 0.770. The van der Waals surface area contributed by atoms with Crippen molar-refractivity contribution < 1.29 is 14.6 Å². The lowest BCUT2D eigenvalue weighted by Crippen LogP contribution is -2.22. The molecule has 3 heteroatoms. The molecule has 0 saturated carbocycles. The van der Waals surface area contributed by atoms with Crippen molar-refractivity contribution in [3.8, 4) is 0 Å². The van der Waals surface area contributed by atoms with E-state index in [9.17, 15) is 9.90 Å². The molecule has 0 bridgehead atoms. The number of methoxy groups -OCH3 is 1. The van der Waals surface area contributed by atoms with Gasteiger partial charge in [0.25, 0.3) is 0 Å². The summed E-state index contributed by atoms with van der Waals surface area (Å²) in [5.74, 6) is -0.356. The van der Waals surface area contributed by atoms with Gasteiger partial charge in [0, 0.05) is 5.41 Å². The summed E-state index contributed by atoms with van der Waals surface area (Å²) < 4.78 is 4.64. The van der Waals surface area contributed by atoms with Crippen LogP contribution in [0.5, 0.6) is 0 Å². The number of carbonyl (C=O) groups is 1. The smallest absolute Gasteiger partial charge is 0.337 e. The topological polar surface area (TPSA) is 46.5 Å². The molecule has 1 rings (SSSR count). The predicted molar refractivity (Wildman–Crippen MR) is 57.9 cm³/mol. The van der Waals surface area contributed by atoms with Gasteiger partial charge in [0.2, 0.25) is 0 Å². The van der Waals surface area contributed by atoms with Crippen LogP contribution >= 0.6 is 0 Å². The van der Waals surface area contributed by atoms with E-state index in [0.717, 1.165) is 5.56 Å². The van der Waals surface area contributed by atoms with Gasteiger partial charge in [-0.15, -0.1) is 0 Å². The van der Waals surface area contributed by atoms with E-state index in [4.69, 9.17) is 0 Å². The molecule has 0 atom stereocenters. The molecule has 0 amide bonds. The van der Waals surface area contributed by atoms with Gasteiger partial charge >= 0.3 is 5.97 Å². The number of rotatable bonds is 3. The van der Waals surface area contributed by atoms with Crippen LogP contribution in [0.25, 0.3) is 0 Å². The van der Waals surface area contributed by atoms with E-state index in [-0.39, 0.29) is 18.0 Å². The van der Waals surface area contributed by atoms with Gasteiger partial charge in [-0.1, -0.05) is 26.0 Å². The Morgan fingerprint density at radius 3 is 2.67 bits per heavy atom. The normalized spacial score (nSPS) is 11.2. The number of aliphatic hydroxyl groups excluding tert-OH is 1. The first-order chi connectivity index (χ1) is 7.01. The van der Waals surface area contributed by atoms with Crippen molar-refractivity contribution in [1.82, 2.24) is 0 Å². The summed E-state index contributed by atoms with van der Waals surface area (Å²) in [4.78, 5) is 11.3. The van der Waals surface area contributed by atoms with E-state index in [1.807, 2.05) is 19.9 Å². The van der Waals surface area contributed by atoms with Crippen LogP contribution in [0, 0.1) is 0 Å². The number of aliphatic hydroxyl groups is 1. The number of hydrogen-bond donors (Lipinski definition) is 1. The molecule has 0 unspecified atom stereocenters. The third kappa shape index (κ3) is 2.57. The molecule has 1 aromatic carbocycles. The van der Waals surface area contributed by atoms with Gasteiger partial charge < -0.3 is 9.84 Å². The zero-order valence-corrected chi connectivity index (χ0v) is 9.28. The summed E-state index contributed by atoms with van der Waals surface area (Å²) in [6, 6.07) is 7.13. The minimum atomic E-state index is -0.356. The first-order valence-electron chi connectivity index (χ1n) is 4.81. The zero-order chi connectivity index (χ0) is 11.5. The van der Waals surface area contributed by atoms with Crippen molar-refractivity contribution in [2.45, 2.75) is 19.3 Å². The molecule has 0 aliphatic rings. The Bertz CT molecular complexity index is 356. The Hall–Kier alpha value is -1.35. The lowest BCUT2D eigenvalue weighted by Gasteiger charge is -2.22. The molecule has 0 aliphatic heterocycles. The molecule has 0 aliphatic carbocycles. The Kier molecular flexibility index (Phi) is 3.48. The van der Waals surface area contributed by atoms with Crippen molar-refractivity contribution >= 4 is 5.97 Å². The van der Waals surface area contributed by atoms with E-state index in [1.165, 1.54) is 7.11 Å². The molecule has 0 aromatic heterocycles. The lowest BCUT2D eigenvalue weighted by molar-refractivity contribution is 0.0600. The Labute approximate surface area is 89.7 Å². The van der Waals surface area contributed by atoms with Gasteiger partial charge in [-0.05, 0) is 17.7 Å². The number of ether oxygens (including phenoxy) is 1. The van der Waals surface area contributed by atoms with E-state index in [1.54, 1.807) is 18.2 Å². The highest BCUT2D eigenvalue weighted by Gasteiger charge is 2.20. The fraction of sp³-hybridized carbons (Fsp3) is 0.417. The van der Waals surface area contributed by atoms with E-state index in [0.29, 0.717) is 5.56 Å². The molecular formula is C12H16O3. The fourth-order valence-electron chi connectivity index (χ4n) is 1.28. The first-order valence-corrected chi connectivity index (χ1v) is 4.81. The Morgan fingerprint density at radius 1 is 1.47 bits per heavy atom. The molecule has 0 spiro atoms. The van der Waals surface area contributed by atoms with Gasteiger partial charge in [-0.25, -0.2) is 4.79 Å². The summed E-state index contributed by atoms with van der Waals surface area (Å²) in [6.07, 6.45) is 0. The van der Waals surface area contributed by atoms with E-state index < -0.39 is 0 Å². The van der Waals surface area contributed by atoms with E-state index in [2.05, 4.69) is 4.74 Å². The highest BCUT2D eigenvalue weighted by atomic mass is 16.5. The second kappa shape index (κ2) is 4.45. The van der Waals surface area contributed by atoms with Gasteiger partial charge in [-0.3, -0.25) is 0 Å². The fourth-order valence-corrected chi connectivity index (χ4v) is 1.28. The minimum absolute atomic E-state index is 0.0393. The van der Waals surface area contributed by atoms with Crippen LogP contribution in [0.1, 0.15) is 29.8 Å². The van der Waals surface area contributed by atoms with Crippen LogP contribution in [-0.4, -0.2) is 24.8 Å². The van der Waals surface area contributed by atoms with Crippen molar-refractivity contribution in [2.24, 2.45) is 0 Å². The van der Waals surface area contributed by atoms with Gasteiger partial charge in [-0.2, -0.15) is 0 Å². The highest BCUT2D eigenvalue weighted by Crippen LogP contribution is 2.23. The van der Waals surface area contributed by atoms with Crippen molar-refractivity contribution in [2.75, 3.05) is 13.7 Å². The number of benzene rings is 1.